The number of carbonyl (C=O) groups is 1. The number of anilines is 2. The van der Waals surface area contributed by atoms with Gasteiger partial charge in [-0.25, -0.2) is 4.79 Å². The van der Waals surface area contributed by atoms with Gasteiger partial charge in [0.15, 0.2) is 11.5 Å². The fourth-order valence-electron chi connectivity index (χ4n) is 2.63. The first-order chi connectivity index (χ1) is 12.3. The number of rotatable bonds is 6. The number of amides is 2. The predicted molar refractivity (Wildman–Crippen MR) is 94.0 cm³/mol. The summed E-state index contributed by atoms with van der Waals surface area (Å²) >= 11 is 0. The molecule has 2 aliphatic rings. The molecule has 2 amide bonds. The minimum atomic E-state index is -0.310. The molecule has 4 rings (SSSR count). The lowest BCUT2D eigenvalue weighted by molar-refractivity contribution is 0.111. The molecule has 0 unspecified atom stereocenters. The van der Waals surface area contributed by atoms with Gasteiger partial charge in [-0.2, -0.15) is 0 Å². The van der Waals surface area contributed by atoms with Gasteiger partial charge < -0.3 is 24.8 Å². The molecule has 130 valence electrons. The van der Waals surface area contributed by atoms with Gasteiger partial charge in [-0.3, -0.25) is 0 Å². The zero-order valence-corrected chi connectivity index (χ0v) is 13.8. The normalized spacial score (nSPS) is 15.0. The molecule has 6 nitrogen and oxygen atoms in total. The van der Waals surface area contributed by atoms with Crippen LogP contribution in [0.15, 0.2) is 42.5 Å². The van der Waals surface area contributed by atoms with Gasteiger partial charge in [0.25, 0.3) is 0 Å². The van der Waals surface area contributed by atoms with Gasteiger partial charge >= 0.3 is 6.03 Å². The molecule has 1 saturated carbocycles. The molecule has 25 heavy (non-hydrogen) atoms. The lowest BCUT2D eigenvalue weighted by Gasteiger charge is -2.10. The van der Waals surface area contributed by atoms with Gasteiger partial charge in [-0.1, -0.05) is 12.1 Å². The number of ether oxygens (including phenoxy) is 3. The summed E-state index contributed by atoms with van der Waals surface area (Å²) in [6, 6.07) is 12.7. The van der Waals surface area contributed by atoms with E-state index < -0.39 is 0 Å². The molecule has 2 aromatic carbocycles. The number of hydrogen-bond acceptors (Lipinski definition) is 4. The van der Waals surface area contributed by atoms with Crippen LogP contribution < -0.4 is 20.1 Å². The van der Waals surface area contributed by atoms with Crippen LogP contribution in [0, 0.1) is 5.92 Å². The number of hydrogen-bond donors (Lipinski definition) is 2. The molecule has 0 aromatic heterocycles. The molecular weight excluding hydrogens is 320 g/mol. The summed E-state index contributed by atoms with van der Waals surface area (Å²) in [6.07, 6.45) is 2.56. The fourth-order valence-corrected chi connectivity index (χ4v) is 2.63. The highest BCUT2D eigenvalue weighted by Crippen LogP contribution is 2.34. The van der Waals surface area contributed by atoms with Crippen molar-refractivity contribution in [1.82, 2.24) is 0 Å². The minimum Gasteiger partial charge on any atom is -0.454 e. The summed E-state index contributed by atoms with van der Waals surface area (Å²) in [6.45, 7) is 1.60. The quantitative estimate of drug-likeness (QED) is 0.834. The Morgan fingerprint density at radius 2 is 1.84 bits per heavy atom. The van der Waals surface area contributed by atoms with E-state index in [0.29, 0.717) is 23.8 Å². The monoisotopic (exact) mass is 340 g/mol. The Balaban J connectivity index is 1.32. The average molecular weight is 340 g/mol. The second-order valence-electron chi connectivity index (χ2n) is 6.31. The standard InChI is InChI=1S/C19H20N2O4/c22-19(21-16-6-7-17-18(9-16)25-12-24-17)20-15-3-1-2-14(8-15)11-23-10-13-4-5-13/h1-3,6-9,13H,4-5,10-12H2,(H2,20,21,22). The molecular formula is C19H20N2O4. The molecule has 2 aromatic rings. The molecule has 0 radical (unpaired) electrons. The minimum absolute atomic E-state index is 0.209. The van der Waals surface area contributed by atoms with Crippen LogP contribution in [-0.4, -0.2) is 19.4 Å². The van der Waals surface area contributed by atoms with E-state index in [-0.39, 0.29) is 12.8 Å². The smallest absolute Gasteiger partial charge is 0.323 e. The van der Waals surface area contributed by atoms with Gasteiger partial charge in [-0.05, 0) is 48.6 Å². The maximum Gasteiger partial charge on any atom is 0.323 e. The number of nitrogens with one attached hydrogen (secondary N) is 2. The number of fused-ring (bicyclic) bond motifs is 1. The third kappa shape index (κ3) is 4.22. The van der Waals surface area contributed by atoms with Gasteiger partial charge in [0.05, 0.1) is 6.61 Å². The molecule has 1 aliphatic heterocycles. The second-order valence-corrected chi connectivity index (χ2v) is 6.31. The molecule has 6 heteroatoms. The van der Waals surface area contributed by atoms with Crippen LogP contribution >= 0.6 is 0 Å². The Kier molecular flexibility index (Phi) is 4.43. The number of urea groups is 1. The van der Waals surface area contributed by atoms with Crippen molar-refractivity contribution in [2.45, 2.75) is 19.4 Å². The Morgan fingerprint density at radius 1 is 1.04 bits per heavy atom. The summed E-state index contributed by atoms with van der Waals surface area (Å²) in [5, 5.41) is 5.62. The summed E-state index contributed by atoms with van der Waals surface area (Å²) in [5.41, 5.74) is 2.41. The first kappa shape index (κ1) is 15.8. The van der Waals surface area contributed by atoms with Crippen LogP contribution in [0.2, 0.25) is 0 Å². The lowest BCUT2D eigenvalue weighted by atomic mass is 10.2. The zero-order chi connectivity index (χ0) is 17.1. The fraction of sp³-hybridized carbons (Fsp3) is 0.316. The van der Waals surface area contributed by atoms with E-state index >= 15 is 0 Å². The van der Waals surface area contributed by atoms with Crippen LogP contribution in [0.4, 0.5) is 16.2 Å². The second kappa shape index (κ2) is 7.03. The van der Waals surface area contributed by atoms with Gasteiger partial charge in [0, 0.05) is 24.0 Å². The van der Waals surface area contributed by atoms with Crippen LogP contribution in [0.5, 0.6) is 11.5 Å². The average Bonchev–Trinajstić information content (AvgIpc) is 3.30. The first-order valence-corrected chi connectivity index (χ1v) is 8.40. The molecule has 1 aliphatic carbocycles. The van der Waals surface area contributed by atoms with Crippen molar-refractivity contribution in [3.8, 4) is 11.5 Å². The van der Waals surface area contributed by atoms with E-state index in [1.54, 1.807) is 18.2 Å². The Bertz CT molecular complexity index is 774. The Morgan fingerprint density at radius 3 is 2.68 bits per heavy atom. The molecule has 0 atom stereocenters. The largest absolute Gasteiger partial charge is 0.454 e. The van der Waals surface area contributed by atoms with Crippen molar-refractivity contribution in [2.75, 3.05) is 24.0 Å². The van der Waals surface area contributed by atoms with Gasteiger partial charge in [0.1, 0.15) is 0 Å². The highest BCUT2D eigenvalue weighted by atomic mass is 16.7. The maximum absolute atomic E-state index is 12.2. The predicted octanol–water partition coefficient (Wildman–Crippen LogP) is 3.99. The SMILES string of the molecule is O=C(Nc1cccc(COCC2CC2)c1)Nc1ccc2c(c1)OCO2. The Labute approximate surface area is 146 Å². The summed E-state index contributed by atoms with van der Waals surface area (Å²) in [5.74, 6) is 2.06. The van der Waals surface area contributed by atoms with Gasteiger partial charge in [-0.15, -0.1) is 0 Å². The summed E-state index contributed by atoms with van der Waals surface area (Å²) < 4.78 is 16.2. The third-order valence-electron chi connectivity index (χ3n) is 4.13. The van der Waals surface area contributed by atoms with Crippen molar-refractivity contribution >= 4 is 17.4 Å². The molecule has 1 fully saturated rings. The van der Waals surface area contributed by atoms with Crippen LogP contribution in [0.3, 0.4) is 0 Å². The van der Waals surface area contributed by atoms with E-state index in [1.807, 2.05) is 24.3 Å². The van der Waals surface area contributed by atoms with E-state index in [9.17, 15) is 4.79 Å². The van der Waals surface area contributed by atoms with Crippen molar-refractivity contribution in [3.05, 3.63) is 48.0 Å². The highest BCUT2D eigenvalue weighted by Gasteiger charge is 2.21. The highest BCUT2D eigenvalue weighted by molar-refractivity contribution is 6.00. The molecule has 0 bridgehead atoms. The van der Waals surface area contributed by atoms with E-state index in [0.717, 1.165) is 23.8 Å². The lowest BCUT2D eigenvalue weighted by Crippen LogP contribution is -2.19. The van der Waals surface area contributed by atoms with E-state index in [2.05, 4.69) is 10.6 Å². The zero-order valence-electron chi connectivity index (χ0n) is 13.8. The Hall–Kier alpha value is -2.73. The van der Waals surface area contributed by atoms with Crippen LogP contribution in [0.25, 0.3) is 0 Å². The van der Waals surface area contributed by atoms with Crippen molar-refractivity contribution in [1.29, 1.82) is 0 Å². The number of carbonyl (C=O) groups excluding carboxylic acids is 1. The molecule has 2 N–H and O–H groups in total. The third-order valence-corrected chi connectivity index (χ3v) is 4.13. The first-order valence-electron chi connectivity index (χ1n) is 8.40. The van der Waals surface area contributed by atoms with Crippen molar-refractivity contribution in [2.24, 2.45) is 5.92 Å². The summed E-state index contributed by atoms with van der Waals surface area (Å²) in [7, 11) is 0. The molecule has 0 spiro atoms. The van der Waals surface area contributed by atoms with Gasteiger partial charge in [0.2, 0.25) is 6.79 Å². The van der Waals surface area contributed by atoms with Crippen molar-refractivity contribution < 1.29 is 19.0 Å². The molecule has 0 saturated heterocycles. The summed E-state index contributed by atoms with van der Waals surface area (Å²) in [4.78, 5) is 12.2. The van der Waals surface area contributed by atoms with Crippen molar-refractivity contribution in [3.63, 3.8) is 0 Å². The topological polar surface area (TPSA) is 68.8 Å². The molecule has 1 heterocycles. The van der Waals surface area contributed by atoms with E-state index in [1.165, 1.54) is 12.8 Å². The maximum atomic E-state index is 12.2. The van der Waals surface area contributed by atoms with Crippen LogP contribution in [0.1, 0.15) is 18.4 Å². The number of benzene rings is 2. The van der Waals surface area contributed by atoms with E-state index in [4.69, 9.17) is 14.2 Å². The van der Waals surface area contributed by atoms with Crippen LogP contribution in [-0.2, 0) is 11.3 Å².